The molecular weight excluding hydrogens is 292 g/mol. The van der Waals surface area contributed by atoms with E-state index in [0.29, 0.717) is 11.1 Å². The number of aliphatic hydroxyl groups is 2. The largest absolute Gasteiger partial charge is 0.396 e. The number of ketones is 1. The quantitative estimate of drug-likeness (QED) is 0.771. The molecule has 0 heterocycles. The van der Waals surface area contributed by atoms with Gasteiger partial charge in [-0.3, -0.25) is 9.59 Å². The third kappa shape index (κ3) is 4.12. The van der Waals surface area contributed by atoms with Crippen molar-refractivity contribution in [2.24, 2.45) is 0 Å². The van der Waals surface area contributed by atoms with Gasteiger partial charge in [-0.2, -0.15) is 0 Å². The maximum Gasteiger partial charge on any atom is 0.150 e. The summed E-state index contributed by atoms with van der Waals surface area (Å²) in [5.41, 5.74) is 2.93. The van der Waals surface area contributed by atoms with Gasteiger partial charge in [0.1, 0.15) is 12.1 Å². The maximum atomic E-state index is 12.1. The van der Waals surface area contributed by atoms with Crippen molar-refractivity contribution in [2.45, 2.75) is 25.4 Å². The number of Topliss-reactive ketones (excluding diaryl/α,β-unsaturated/α-hetero) is 1. The SMILES string of the molecule is CC(=O)C(c1ccc(C=O)cc1)c1ccc([C@H](O)CCO)cc1. The van der Waals surface area contributed by atoms with Gasteiger partial charge in [-0.25, -0.2) is 0 Å². The van der Waals surface area contributed by atoms with Crippen LogP contribution in [0, 0.1) is 0 Å². The highest BCUT2D eigenvalue weighted by molar-refractivity contribution is 5.87. The zero-order valence-electron chi connectivity index (χ0n) is 13.0. The normalized spacial score (nSPS) is 13.3. The molecule has 0 bridgehead atoms. The van der Waals surface area contributed by atoms with Crippen LogP contribution in [0.5, 0.6) is 0 Å². The molecule has 0 radical (unpaired) electrons. The second-order valence-corrected chi connectivity index (χ2v) is 5.52. The summed E-state index contributed by atoms with van der Waals surface area (Å²) in [6, 6.07) is 14.1. The molecule has 0 fully saturated rings. The summed E-state index contributed by atoms with van der Waals surface area (Å²) in [7, 11) is 0. The predicted octanol–water partition coefficient (Wildman–Crippen LogP) is 2.64. The predicted molar refractivity (Wildman–Crippen MR) is 87.5 cm³/mol. The summed E-state index contributed by atoms with van der Waals surface area (Å²) in [6.45, 7) is 1.45. The lowest BCUT2D eigenvalue weighted by molar-refractivity contribution is -0.117. The molecule has 2 atom stereocenters. The van der Waals surface area contributed by atoms with Crippen molar-refractivity contribution in [1.29, 1.82) is 0 Å². The average Bonchev–Trinajstić information content (AvgIpc) is 2.56. The molecule has 0 saturated carbocycles. The first-order valence-corrected chi connectivity index (χ1v) is 7.51. The number of aliphatic hydroxyl groups excluding tert-OH is 2. The molecule has 0 aliphatic heterocycles. The molecule has 4 heteroatoms. The number of carbonyl (C=O) groups is 2. The van der Waals surface area contributed by atoms with E-state index < -0.39 is 12.0 Å². The summed E-state index contributed by atoms with van der Waals surface area (Å²) in [4.78, 5) is 22.8. The Kier molecular flexibility index (Phi) is 5.79. The van der Waals surface area contributed by atoms with Crippen molar-refractivity contribution in [3.63, 3.8) is 0 Å². The van der Waals surface area contributed by atoms with E-state index >= 15 is 0 Å². The maximum absolute atomic E-state index is 12.1. The molecule has 0 amide bonds. The molecule has 2 aromatic carbocycles. The number of hydrogen-bond acceptors (Lipinski definition) is 4. The highest BCUT2D eigenvalue weighted by Crippen LogP contribution is 2.27. The van der Waals surface area contributed by atoms with E-state index in [2.05, 4.69) is 0 Å². The summed E-state index contributed by atoms with van der Waals surface area (Å²) in [6.07, 6.45) is 0.337. The summed E-state index contributed by atoms with van der Waals surface area (Å²) in [5, 5.41) is 18.7. The van der Waals surface area contributed by atoms with E-state index in [1.807, 2.05) is 12.1 Å². The van der Waals surface area contributed by atoms with Crippen LogP contribution in [0.4, 0.5) is 0 Å². The van der Waals surface area contributed by atoms with E-state index in [4.69, 9.17) is 5.11 Å². The van der Waals surface area contributed by atoms with E-state index in [0.717, 1.165) is 17.4 Å². The first-order chi connectivity index (χ1) is 11.1. The Morgan fingerprint density at radius 3 is 1.91 bits per heavy atom. The van der Waals surface area contributed by atoms with Gasteiger partial charge in [-0.05, 0) is 23.6 Å². The Bertz CT molecular complexity index is 659. The van der Waals surface area contributed by atoms with Crippen LogP contribution in [-0.4, -0.2) is 28.9 Å². The fourth-order valence-corrected chi connectivity index (χ4v) is 2.63. The van der Waals surface area contributed by atoms with Gasteiger partial charge in [-0.15, -0.1) is 0 Å². The van der Waals surface area contributed by atoms with Crippen molar-refractivity contribution in [3.8, 4) is 0 Å². The number of rotatable bonds is 7. The van der Waals surface area contributed by atoms with E-state index in [9.17, 15) is 14.7 Å². The lowest BCUT2D eigenvalue weighted by Gasteiger charge is -2.16. The highest BCUT2D eigenvalue weighted by Gasteiger charge is 2.19. The van der Waals surface area contributed by atoms with Gasteiger partial charge in [0.2, 0.25) is 0 Å². The minimum atomic E-state index is -0.711. The van der Waals surface area contributed by atoms with Crippen LogP contribution in [0.15, 0.2) is 48.5 Å². The van der Waals surface area contributed by atoms with Crippen molar-refractivity contribution < 1.29 is 19.8 Å². The van der Waals surface area contributed by atoms with Crippen molar-refractivity contribution >= 4 is 12.1 Å². The Morgan fingerprint density at radius 1 is 1.00 bits per heavy atom. The Labute approximate surface area is 135 Å². The number of aldehydes is 1. The molecule has 0 spiro atoms. The van der Waals surface area contributed by atoms with Crippen LogP contribution in [-0.2, 0) is 4.79 Å². The summed E-state index contributed by atoms with van der Waals surface area (Å²) in [5.74, 6) is -0.396. The smallest absolute Gasteiger partial charge is 0.150 e. The topological polar surface area (TPSA) is 74.6 Å². The third-order valence-corrected chi connectivity index (χ3v) is 3.87. The van der Waals surface area contributed by atoms with Gasteiger partial charge in [-0.1, -0.05) is 48.5 Å². The number of benzene rings is 2. The molecule has 2 N–H and O–H groups in total. The van der Waals surface area contributed by atoms with Gasteiger partial charge in [0.05, 0.1) is 12.0 Å². The summed E-state index contributed by atoms with van der Waals surface area (Å²) >= 11 is 0. The Morgan fingerprint density at radius 2 is 1.48 bits per heavy atom. The zero-order chi connectivity index (χ0) is 16.8. The second kappa shape index (κ2) is 7.81. The summed E-state index contributed by atoms with van der Waals surface area (Å²) < 4.78 is 0. The van der Waals surface area contributed by atoms with Crippen LogP contribution in [0.3, 0.4) is 0 Å². The molecule has 2 aromatic rings. The van der Waals surface area contributed by atoms with Gasteiger partial charge < -0.3 is 10.2 Å². The fourth-order valence-electron chi connectivity index (χ4n) is 2.63. The molecule has 0 aliphatic rings. The number of hydrogen-bond donors (Lipinski definition) is 2. The van der Waals surface area contributed by atoms with Crippen LogP contribution >= 0.6 is 0 Å². The molecular formula is C19H20O4. The van der Waals surface area contributed by atoms with E-state index in [1.165, 1.54) is 6.92 Å². The minimum Gasteiger partial charge on any atom is -0.396 e. The third-order valence-electron chi connectivity index (χ3n) is 3.87. The van der Waals surface area contributed by atoms with Gasteiger partial charge in [0.25, 0.3) is 0 Å². The first-order valence-electron chi connectivity index (χ1n) is 7.51. The molecule has 120 valence electrons. The van der Waals surface area contributed by atoms with Crippen LogP contribution in [0.1, 0.15) is 52.4 Å². The average molecular weight is 312 g/mol. The monoisotopic (exact) mass is 312 g/mol. The van der Waals surface area contributed by atoms with Crippen molar-refractivity contribution in [1.82, 2.24) is 0 Å². The number of carbonyl (C=O) groups excluding carboxylic acids is 2. The van der Waals surface area contributed by atoms with Crippen LogP contribution in [0.25, 0.3) is 0 Å². The Balaban J connectivity index is 2.30. The van der Waals surface area contributed by atoms with Crippen molar-refractivity contribution in [3.05, 3.63) is 70.8 Å². The molecule has 1 unspecified atom stereocenters. The molecule has 4 nitrogen and oxygen atoms in total. The van der Waals surface area contributed by atoms with Crippen LogP contribution in [0.2, 0.25) is 0 Å². The molecule has 0 aliphatic carbocycles. The molecule has 23 heavy (non-hydrogen) atoms. The van der Waals surface area contributed by atoms with Gasteiger partial charge in [0.15, 0.2) is 0 Å². The van der Waals surface area contributed by atoms with Crippen molar-refractivity contribution in [2.75, 3.05) is 6.61 Å². The van der Waals surface area contributed by atoms with Gasteiger partial charge >= 0.3 is 0 Å². The highest BCUT2D eigenvalue weighted by atomic mass is 16.3. The zero-order valence-corrected chi connectivity index (χ0v) is 13.0. The molecule has 2 rings (SSSR count). The first kappa shape index (κ1) is 17.1. The Hall–Kier alpha value is -2.30. The standard InChI is InChI=1S/C19H20O4/c1-13(22)19(16-4-2-14(12-21)3-5-16)17-8-6-15(7-9-17)18(23)10-11-20/h2-9,12,18-20,23H,10-11H2,1H3/t18-,19?/m1/s1. The molecule has 0 aromatic heterocycles. The van der Waals surface area contributed by atoms with Gasteiger partial charge in [0, 0.05) is 18.6 Å². The lowest BCUT2D eigenvalue weighted by atomic mass is 9.87. The lowest BCUT2D eigenvalue weighted by Crippen LogP contribution is -2.11. The minimum absolute atomic E-state index is 0.00695. The van der Waals surface area contributed by atoms with Crippen LogP contribution < -0.4 is 0 Å². The fraction of sp³-hybridized carbons (Fsp3) is 0.263. The molecule has 0 saturated heterocycles. The van der Waals surface area contributed by atoms with E-state index in [1.54, 1.807) is 36.4 Å². The second-order valence-electron chi connectivity index (χ2n) is 5.52. The van der Waals surface area contributed by atoms with E-state index in [-0.39, 0.29) is 18.8 Å².